The number of hydrogen-bond acceptors (Lipinski definition) is 4. The smallest absolute Gasteiger partial charge is 0.191 e. The van der Waals surface area contributed by atoms with Crippen LogP contribution in [-0.2, 0) is 4.74 Å². The number of rotatable bonds is 3. The molecule has 5 N–H and O–H groups in total. The van der Waals surface area contributed by atoms with Gasteiger partial charge in [-0.15, -0.1) is 0 Å². The normalized spacial score (nSPS) is 13.4. The summed E-state index contributed by atoms with van der Waals surface area (Å²) in [6, 6.07) is 5.39. The predicted molar refractivity (Wildman–Crippen MR) is 65.5 cm³/mol. The molecule has 0 amide bonds. The quantitative estimate of drug-likeness (QED) is 0.522. The Labute approximate surface area is 98.9 Å². The topological polar surface area (TPSA) is 94.9 Å². The Morgan fingerprint density at radius 1 is 1.47 bits per heavy atom. The lowest BCUT2D eigenvalue weighted by Gasteiger charge is -2.09. The number of aliphatic imine (C=N–C) groups is 1. The van der Waals surface area contributed by atoms with Gasteiger partial charge in [0.1, 0.15) is 11.5 Å². The summed E-state index contributed by atoms with van der Waals surface area (Å²) < 4.78 is 10.7. The van der Waals surface area contributed by atoms with Crippen molar-refractivity contribution in [2.24, 2.45) is 16.5 Å². The van der Waals surface area contributed by atoms with E-state index in [0.29, 0.717) is 18.2 Å². The highest BCUT2D eigenvalue weighted by atomic mass is 16.5. The molecule has 1 aromatic carbocycles. The van der Waals surface area contributed by atoms with Crippen molar-refractivity contribution in [3.05, 3.63) is 30.0 Å². The summed E-state index contributed by atoms with van der Waals surface area (Å²) in [5.74, 6) is 1.40. The van der Waals surface area contributed by atoms with E-state index in [4.69, 9.17) is 20.9 Å². The average molecular weight is 234 g/mol. The molecule has 0 aliphatic carbocycles. The third kappa shape index (κ3) is 2.41. The molecule has 1 aliphatic heterocycles. The van der Waals surface area contributed by atoms with Crippen LogP contribution in [-0.4, -0.2) is 19.8 Å². The van der Waals surface area contributed by atoms with Gasteiger partial charge in [0, 0.05) is 12.3 Å². The predicted octanol–water partition coefficient (Wildman–Crippen LogP) is 0.476. The van der Waals surface area contributed by atoms with Crippen LogP contribution in [0, 0.1) is 0 Å². The van der Waals surface area contributed by atoms with Crippen molar-refractivity contribution in [2.45, 2.75) is 0 Å². The fourth-order valence-corrected chi connectivity index (χ4v) is 1.55. The summed E-state index contributed by atoms with van der Waals surface area (Å²) in [5.41, 5.74) is 12.1. The van der Waals surface area contributed by atoms with Crippen LogP contribution in [0.5, 0.6) is 5.75 Å². The number of nitrogens with zero attached hydrogens (tertiary/aromatic N) is 1. The van der Waals surface area contributed by atoms with Crippen LogP contribution in [0.2, 0.25) is 0 Å². The Hall–Kier alpha value is -2.37. The Balaban J connectivity index is 2.38. The number of nitrogens with two attached hydrogens (primary N) is 2. The molecule has 0 atom stereocenters. The lowest BCUT2D eigenvalue weighted by molar-refractivity contribution is 0.289. The van der Waals surface area contributed by atoms with Crippen LogP contribution >= 0.6 is 0 Å². The molecule has 0 spiro atoms. The van der Waals surface area contributed by atoms with E-state index in [1.807, 2.05) is 6.07 Å². The minimum atomic E-state index is 0.0119. The van der Waals surface area contributed by atoms with Gasteiger partial charge in [0.15, 0.2) is 12.7 Å². The maximum absolute atomic E-state index is 5.39. The summed E-state index contributed by atoms with van der Waals surface area (Å²) in [7, 11) is 1.58. The molecule has 2 rings (SSSR count). The fourth-order valence-electron chi connectivity index (χ4n) is 1.55. The molecule has 6 nitrogen and oxygen atoms in total. The molecule has 1 heterocycles. The second-order valence-corrected chi connectivity index (χ2v) is 3.42. The highest BCUT2D eigenvalue weighted by Crippen LogP contribution is 2.31. The summed E-state index contributed by atoms with van der Waals surface area (Å²) >= 11 is 0. The third-order valence-corrected chi connectivity index (χ3v) is 2.25. The molecule has 1 aliphatic rings. The Morgan fingerprint density at radius 2 is 2.29 bits per heavy atom. The average Bonchev–Trinajstić information content (AvgIpc) is 2.81. The SMILES string of the molecule is COc1cc(N=C(N)N)ccc1C1=CNCO1. The lowest BCUT2D eigenvalue weighted by atomic mass is 10.1. The van der Waals surface area contributed by atoms with E-state index in [0.717, 1.165) is 11.3 Å². The largest absolute Gasteiger partial charge is 0.496 e. The molecule has 0 radical (unpaired) electrons. The van der Waals surface area contributed by atoms with Gasteiger partial charge in [-0.2, -0.15) is 0 Å². The van der Waals surface area contributed by atoms with Crippen LogP contribution in [0.4, 0.5) is 5.69 Å². The minimum Gasteiger partial charge on any atom is -0.496 e. The van der Waals surface area contributed by atoms with Gasteiger partial charge in [0.25, 0.3) is 0 Å². The van der Waals surface area contributed by atoms with Crippen LogP contribution in [0.3, 0.4) is 0 Å². The van der Waals surface area contributed by atoms with Crippen LogP contribution in [0.1, 0.15) is 5.56 Å². The zero-order valence-corrected chi connectivity index (χ0v) is 9.43. The van der Waals surface area contributed by atoms with Gasteiger partial charge in [-0.05, 0) is 12.1 Å². The van der Waals surface area contributed by atoms with E-state index in [1.54, 1.807) is 25.4 Å². The Kier molecular flexibility index (Phi) is 3.04. The second kappa shape index (κ2) is 4.65. The zero-order chi connectivity index (χ0) is 12.3. The van der Waals surface area contributed by atoms with Crippen LogP contribution in [0.15, 0.2) is 29.4 Å². The van der Waals surface area contributed by atoms with Crippen molar-refractivity contribution in [3.63, 3.8) is 0 Å². The van der Waals surface area contributed by atoms with E-state index in [2.05, 4.69) is 10.3 Å². The van der Waals surface area contributed by atoms with Crippen molar-refractivity contribution < 1.29 is 9.47 Å². The number of nitrogens with one attached hydrogen (secondary N) is 1. The molecular weight excluding hydrogens is 220 g/mol. The first-order valence-corrected chi connectivity index (χ1v) is 5.05. The summed E-state index contributed by atoms with van der Waals surface area (Å²) in [6.45, 7) is 0.466. The van der Waals surface area contributed by atoms with Gasteiger partial charge in [-0.3, -0.25) is 0 Å². The van der Waals surface area contributed by atoms with Crippen molar-refractivity contribution in [2.75, 3.05) is 13.8 Å². The van der Waals surface area contributed by atoms with Gasteiger partial charge >= 0.3 is 0 Å². The van der Waals surface area contributed by atoms with E-state index in [9.17, 15) is 0 Å². The number of methoxy groups -OCH3 is 1. The second-order valence-electron chi connectivity index (χ2n) is 3.42. The highest BCUT2D eigenvalue weighted by molar-refractivity contribution is 5.79. The third-order valence-electron chi connectivity index (χ3n) is 2.25. The number of ether oxygens (including phenoxy) is 2. The van der Waals surface area contributed by atoms with Crippen molar-refractivity contribution >= 4 is 17.4 Å². The van der Waals surface area contributed by atoms with Crippen molar-refractivity contribution in [1.82, 2.24) is 5.32 Å². The fraction of sp³-hybridized carbons (Fsp3) is 0.182. The van der Waals surface area contributed by atoms with E-state index >= 15 is 0 Å². The Bertz CT molecular complexity index is 478. The summed E-state index contributed by atoms with van der Waals surface area (Å²) in [5, 5.41) is 2.96. The van der Waals surface area contributed by atoms with Gasteiger partial charge in [-0.25, -0.2) is 4.99 Å². The van der Waals surface area contributed by atoms with Crippen molar-refractivity contribution in [1.29, 1.82) is 0 Å². The number of guanidine groups is 1. The van der Waals surface area contributed by atoms with Gasteiger partial charge in [-0.1, -0.05) is 0 Å². The first-order valence-electron chi connectivity index (χ1n) is 5.05. The molecule has 90 valence electrons. The highest BCUT2D eigenvalue weighted by Gasteiger charge is 2.13. The van der Waals surface area contributed by atoms with E-state index in [1.165, 1.54) is 0 Å². The summed E-state index contributed by atoms with van der Waals surface area (Å²) in [6.07, 6.45) is 1.79. The van der Waals surface area contributed by atoms with E-state index in [-0.39, 0.29) is 5.96 Å². The first-order chi connectivity index (χ1) is 8.20. The van der Waals surface area contributed by atoms with Gasteiger partial charge in [0.05, 0.1) is 18.4 Å². The molecule has 0 saturated carbocycles. The molecule has 0 aromatic heterocycles. The molecule has 0 unspecified atom stereocenters. The standard InChI is InChI=1S/C11H14N4O2/c1-16-9-4-7(15-11(12)13)2-3-8(9)10-5-14-6-17-10/h2-5,14H,6H2,1H3,(H4,12,13,15). The monoisotopic (exact) mass is 234 g/mol. The number of hydrogen-bond donors (Lipinski definition) is 3. The number of benzene rings is 1. The molecular formula is C11H14N4O2. The molecule has 0 saturated heterocycles. The van der Waals surface area contributed by atoms with Gasteiger partial charge < -0.3 is 26.3 Å². The maximum atomic E-state index is 5.39. The van der Waals surface area contributed by atoms with Crippen molar-refractivity contribution in [3.8, 4) is 5.75 Å². The van der Waals surface area contributed by atoms with E-state index < -0.39 is 0 Å². The lowest BCUT2D eigenvalue weighted by Crippen LogP contribution is -2.21. The summed E-state index contributed by atoms with van der Waals surface area (Å²) in [4.78, 5) is 3.95. The first kappa shape index (κ1) is 11.1. The van der Waals surface area contributed by atoms with Crippen LogP contribution in [0.25, 0.3) is 5.76 Å². The maximum Gasteiger partial charge on any atom is 0.191 e. The zero-order valence-electron chi connectivity index (χ0n) is 9.43. The van der Waals surface area contributed by atoms with Gasteiger partial charge in [0.2, 0.25) is 0 Å². The molecule has 6 heteroatoms. The minimum absolute atomic E-state index is 0.0119. The Morgan fingerprint density at radius 3 is 2.88 bits per heavy atom. The van der Waals surface area contributed by atoms with Crippen LogP contribution < -0.4 is 21.5 Å². The molecule has 1 aromatic rings. The molecule has 0 fully saturated rings. The molecule has 0 bridgehead atoms. The molecule has 17 heavy (non-hydrogen) atoms.